The molecule has 3 atom stereocenters. The average Bonchev–Trinajstić information content (AvgIpc) is 2.40. The molecule has 0 saturated heterocycles. The van der Waals surface area contributed by atoms with Gasteiger partial charge in [0.15, 0.2) is 0 Å². The predicted octanol–water partition coefficient (Wildman–Crippen LogP) is 3.40. The number of hydrogen-bond acceptors (Lipinski definition) is 2. The highest BCUT2D eigenvalue weighted by Gasteiger charge is 2.35. The van der Waals surface area contributed by atoms with Crippen molar-refractivity contribution in [1.82, 2.24) is 4.98 Å². The molecule has 17 heavy (non-hydrogen) atoms. The molecule has 1 aromatic rings. The fourth-order valence-electron chi connectivity index (χ4n) is 3.39. The van der Waals surface area contributed by atoms with Crippen molar-refractivity contribution in [3.05, 3.63) is 29.6 Å². The molecule has 2 aliphatic rings. The molecule has 2 unspecified atom stereocenters. The van der Waals surface area contributed by atoms with Crippen LogP contribution in [0.15, 0.2) is 18.3 Å². The lowest BCUT2D eigenvalue weighted by Crippen LogP contribution is -2.22. The number of nitrogens with zero attached hydrogens (tertiary/aromatic N) is 1. The third-order valence-electron chi connectivity index (χ3n) is 4.85. The Morgan fingerprint density at radius 2 is 2.06 bits per heavy atom. The van der Waals surface area contributed by atoms with Crippen molar-refractivity contribution in [2.45, 2.75) is 51.0 Å². The molecule has 0 spiro atoms. The maximum atomic E-state index is 6.37. The van der Waals surface area contributed by atoms with Crippen molar-refractivity contribution in [2.75, 3.05) is 0 Å². The highest BCUT2D eigenvalue weighted by Crippen LogP contribution is 2.46. The molecule has 0 bridgehead atoms. The number of fused-ring (bicyclic) bond motifs is 1. The summed E-state index contributed by atoms with van der Waals surface area (Å²) in [6.45, 7) is 2.28. The summed E-state index contributed by atoms with van der Waals surface area (Å²) in [5, 5.41) is 0. The minimum atomic E-state index is 0.184. The summed E-state index contributed by atoms with van der Waals surface area (Å²) in [5.41, 5.74) is 9.00. The van der Waals surface area contributed by atoms with Gasteiger partial charge in [-0.2, -0.15) is 0 Å². The van der Waals surface area contributed by atoms with Gasteiger partial charge in [0.25, 0.3) is 0 Å². The summed E-state index contributed by atoms with van der Waals surface area (Å²) in [6.07, 6.45) is 8.66. The number of aromatic nitrogens is 1. The largest absolute Gasteiger partial charge is 0.324 e. The first-order valence-corrected chi connectivity index (χ1v) is 6.97. The van der Waals surface area contributed by atoms with Crippen LogP contribution in [-0.2, 0) is 0 Å². The number of rotatable bonds is 1. The molecule has 0 radical (unpaired) electrons. The van der Waals surface area contributed by atoms with Gasteiger partial charge in [0.1, 0.15) is 0 Å². The maximum Gasteiger partial charge on any atom is 0.0485 e. The van der Waals surface area contributed by atoms with Crippen LogP contribution in [0, 0.1) is 11.8 Å². The molecule has 1 fully saturated rings. The Kier molecular flexibility index (Phi) is 2.91. The van der Waals surface area contributed by atoms with Crippen molar-refractivity contribution >= 4 is 0 Å². The minimum absolute atomic E-state index is 0.184. The average molecular weight is 230 g/mol. The summed E-state index contributed by atoms with van der Waals surface area (Å²) in [5.74, 6) is 2.14. The molecule has 92 valence electrons. The smallest absolute Gasteiger partial charge is 0.0485 e. The van der Waals surface area contributed by atoms with Crippen LogP contribution < -0.4 is 5.73 Å². The van der Waals surface area contributed by atoms with Crippen molar-refractivity contribution in [2.24, 2.45) is 17.6 Å². The molecule has 0 amide bonds. The summed E-state index contributed by atoms with van der Waals surface area (Å²) >= 11 is 0. The Balaban J connectivity index is 1.99. The standard InChI is InChI=1S/C15H22N2/c1-10-7-8-12(11-4-2-5-11)15-13(14(10)16)6-3-9-17-15/h3,6,9-12,14H,2,4-5,7-8,16H2,1H3/t10-,12?,14?/m1/s1. The summed E-state index contributed by atoms with van der Waals surface area (Å²) in [7, 11) is 0. The zero-order valence-corrected chi connectivity index (χ0v) is 10.6. The zero-order chi connectivity index (χ0) is 11.8. The second-order valence-corrected chi connectivity index (χ2v) is 5.86. The summed E-state index contributed by atoms with van der Waals surface area (Å²) in [4.78, 5) is 4.67. The van der Waals surface area contributed by atoms with Crippen LogP contribution in [0.25, 0.3) is 0 Å². The number of pyridine rings is 1. The van der Waals surface area contributed by atoms with Gasteiger partial charge in [-0.3, -0.25) is 4.98 Å². The second-order valence-electron chi connectivity index (χ2n) is 5.86. The van der Waals surface area contributed by atoms with Gasteiger partial charge in [-0.15, -0.1) is 0 Å². The van der Waals surface area contributed by atoms with E-state index in [-0.39, 0.29) is 6.04 Å². The van der Waals surface area contributed by atoms with Gasteiger partial charge in [-0.1, -0.05) is 19.4 Å². The molecule has 0 aromatic carbocycles. The molecule has 1 heterocycles. The van der Waals surface area contributed by atoms with Gasteiger partial charge in [-0.05, 0) is 49.1 Å². The number of nitrogens with two attached hydrogens (primary N) is 1. The third kappa shape index (κ3) is 1.89. The molecule has 2 nitrogen and oxygen atoms in total. The Hall–Kier alpha value is -0.890. The zero-order valence-electron chi connectivity index (χ0n) is 10.6. The van der Waals surface area contributed by atoms with Gasteiger partial charge >= 0.3 is 0 Å². The first kappa shape index (κ1) is 11.2. The van der Waals surface area contributed by atoms with E-state index in [4.69, 9.17) is 5.73 Å². The predicted molar refractivity (Wildman–Crippen MR) is 69.6 cm³/mol. The van der Waals surface area contributed by atoms with Crippen LogP contribution in [0.5, 0.6) is 0 Å². The Labute approximate surface area is 104 Å². The quantitative estimate of drug-likeness (QED) is 0.751. The lowest BCUT2D eigenvalue weighted by Gasteiger charge is -2.33. The fourth-order valence-corrected chi connectivity index (χ4v) is 3.39. The minimum Gasteiger partial charge on any atom is -0.324 e. The van der Waals surface area contributed by atoms with E-state index in [1.54, 1.807) is 0 Å². The van der Waals surface area contributed by atoms with Crippen molar-refractivity contribution in [3.8, 4) is 0 Å². The lowest BCUT2D eigenvalue weighted by atomic mass is 9.72. The molecule has 2 heteroatoms. The molecule has 0 aliphatic heterocycles. The maximum absolute atomic E-state index is 6.37. The van der Waals surface area contributed by atoms with Gasteiger partial charge in [0.05, 0.1) is 0 Å². The molecule has 2 aliphatic carbocycles. The van der Waals surface area contributed by atoms with Crippen molar-refractivity contribution in [3.63, 3.8) is 0 Å². The topological polar surface area (TPSA) is 38.9 Å². The van der Waals surface area contributed by atoms with Gasteiger partial charge in [0, 0.05) is 23.9 Å². The van der Waals surface area contributed by atoms with Gasteiger partial charge in [0.2, 0.25) is 0 Å². The Morgan fingerprint density at radius 3 is 2.76 bits per heavy atom. The monoisotopic (exact) mass is 230 g/mol. The van der Waals surface area contributed by atoms with E-state index >= 15 is 0 Å². The normalized spacial score (nSPS) is 33.6. The van der Waals surface area contributed by atoms with Crippen LogP contribution >= 0.6 is 0 Å². The van der Waals surface area contributed by atoms with E-state index in [1.165, 1.54) is 43.4 Å². The highest BCUT2D eigenvalue weighted by molar-refractivity contribution is 5.29. The van der Waals surface area contributed by atoms with Crippen LogP contribution in [0.3, 0.4) is 0 Å². The van der Waals surface area contributed by atoms with Crippen LogP contribution in [0.4, 0.5) is 0 Å². The third-order valence-corrected chi connectivity index (χ3v) is 4.85. The second kappa shape index (κ2) is 4.41. The van der Waals surface area contributed by atoms with Crippen molar-refractivity contribution in [1.29, 1.82) is 0 Å². The lowest BCUT2D eigenvalue weighted by molar-refractivity contribution is 0.242. The molecular weight excluding hydrogens is 208 g/mol. The summed E-state index contributed by atoms with van der Waals surface area (Å²) < 4.78 is 0. The van der Waals surface area contributed by atoms with E-state index in [0.29, 0.717) is 11.8 Å². The molecule has 3 rings (SSSR count). The summed E-state index contributed by atoms with van der Waals surface area (Å²) in [6, 6.07) is 4.42. The Bertz CT molecular complexity index is 398. The van der Waals surface area contributed by atoms with Crippen molar-refractivity contribution < 1.29 is 0 Å². The fraction of sp³-hybridized carbons (Fsp3) is 0.667. The Morgan fingerprint density at radius 1 is 1.24 bits per heavy atom. The SMILES string of the molecule is C[C@@H]1CCC(C2CCC2)c2ncccc2C1N. The molecular formula is C15H22N2. The van der Waals surface area contributed by atoms with E-state index in [1.807, 2.05) is 12.3 Å². The first-order valence-electron chi connectivity index (χ1n) is 6.97. The van der Waals surface area contributed by atoms with Crippen LogP contribution in [0.2, 0.25) is 0 Å². The van der Waals surface area contributed by atoms with Crippen LogP contribution in [-0.4, -0.2) is 4.98 Å². The highest BCUT2D eigenvalue weighted by atomic mass is 14.7. The molecule has 2 N–H and O–H groups in total. The molecule has 1 aromatic heterocycles. The van der Waals surface area contributed by atoms with E-state index in [0.717, 1.165) is 5.92 Å². The van der Waals surface area contributed by atoms with Crippen LogP contribution in [0.1, 0.15) is 62.2 Å². The molecule has 1 saturated carbocycles. The van der Waals surface area contributed by atoms with E-state index < -0.39 is 0 Å². The van der Waals surface area contributed by atoms with Gasteiger partial charge in [-0.25, -0.2) is 0 Å². The number of hydrogen-bond donors (Lipinski definition) is 1. The van der Waals surface area contributed by atoms with E-state index in [9.17, 15) is 0 Å². The first-order chi connectivity index (χ1) is 8.27. The van der Waals surface area contributed by atoms with Gasteiger partial charge < -0.3 is 5.73 Å². The van der Waals surface area contributed by atoms with E-state index in [2.05, 4.69) is 18.0 Å².